The minimum Gasteiger partial charge on any atom is -0.423 e. The van der Waals surface area contributed by atoms with Crippen molar-refractivity contribution in [3.63, 3.8) is 0 Å². The van der Waals surface area contributed by atoms with Crippen LogP contribution in [0.2, 0.25) is 5.02 Å². The first-order valence-electron chi connectivity index (χ1n) is 10.9. The van der Waals surface area contributed by atoms with Crippen LogP contribution in [0.15, 0.2) is 65.8 Å². The molecule has 176 valence electrons. The van der Waals surface area contributed by atoms with E-state index in [0.29, 0.717) is 16.1 Å². The topological polar surface area (TPSA) is 119 Å². The summed E-state index contributed by atoms with van der Waals surface area (Å²) in [6.45, 7) is 0. The number of esters is 1. The number of hydrogen-bond acceptors (Lipinski definition) is 7. The summed E-state index contributed by atoms with van der Waals surface area (Å²) in [4.78, 5) is 48.4. The van der Waals surface area contributed by atoms with Crippen molar-refractivity contribution in [2.45, 2.75) is 6.42 Å². The molecule has 3 aliphatic rings. The maximum absolute atomic E-state index is 12.8. The number of non-ortho nitro benzene ring substituents is 1. The van der Waals surface area contributed by atoms with E-state index in [2.05, 4.69) is 5.10 Å². The molecule has 0 radical (unpaired) electrons. The average Bonchev–Trinajstić information content (AvgIpc) is 3.52. The molecular formula is C25H18ClN3O6. The summed E-state index contributed by atoms with van der Waals surface area (Å²) in [6.07, 6.45) is 8.61. The van der Waals surface area contributed by atoms with Crippen LogP contribution < -0.4 is 4.74 Å². The number of imide groups is 1. The van der Waals surface area contributed by atoms with Crippen molar-refractivity contribution < 1.29 is 24.0 Å². The molecule has 35 heavy (non-hydrogen) atoms. The van der Waals surface area contributed by atoms with E-state index in [9.17, 15) is 24.5 Å². The number of fused-ring (bicyclic) bond motifs is 5. The summed E-state index contributed by atoms with van der Waals surface area (Å²) in [5, 5.41) is 16.3. The van der Waals surface area contributed by atoms with E-state index >= 15 is 0 Å². The third-order valence-corrected chi connectivity index (χ3v) is 6.67. The Morgan fingerprint density at radius 2 is 1.83 bits per heavy atom. The van der Waals surface area contributed by atoms with E-state index in [1.54, 1.807) is 6.07 Å². The van der Waals surface area contributed by atoms with Crippen molar-refractivity contribution in [2.24, 2.45) is 28.8 Å². The van der Waals surface area contributed by atoms with E-state index in [0.717, 1.165) is 17.5 Å². The van der Waals surface area contributed by atoms with Crippen LogP contribution in [-0.2, 0) is 14.4 Å². The number of rotatable bonds is 6. The fourth-order valence-electron chi connectivity index (χ4n) is 4.88. The number of halogens is 1. The highest BCUT2D eigenvalue weighted by molar-refractivity contribution is 6.31. The standard InChI is InChI=1S/C25H18ClN3O6/c26-18-7-8-20(35-21(30)9-4-14-2-1-3-19(10-14)29(33)34)17(12-18)13-27-28-24(31)22-15-5-6-16(11-15)23(22)25(28)32/h1-10,12-13,15-16,22-23H,11H2/b9-4+,27-13?/t15-,16-,22-,23+/m0/s1. The van der Waals surface area contributed by atoms with Gasteiger partial charge in [-0.05, 0) is 48.1 Å². The lowest BCUT2D eigenvalue weighted by molar-refractivity contribution is -0.384. The lowest BCUT2D eigenvalue weighted by atomic mass is 9.85. The fraction of sp³-hybridized carbons (Fsp3) is 0.200. The lowest BCUT2D eigenvalue weighted by Crippen LogP contribution is -2.28. The molecule has 0 unspecified atom stereocenters. The van der Waals surface area contributed by atoms with Gasteiger partial charge in [-0.1, -0.05) is 35.9 Å². The van der Waals surface area contributed by atoms with Crippen LogP contribution in [0.1, 0.15) is 17.5 Å². The van der Waals surface area contributed by atoms with Gasteiger partial charge in [-0.15, -0.1) is 0 Å². The number of nitro groups is 1. The third kappa shape index (κ3) is 4.26. The second-order valence-corrected chi connectivity index (χ2v) is 8.96. The van der Waals surface area contributed by atoms with Gasteiger partial charge in [0.25, 0.3) is 17.5 Å². The minimum absolute atomic E-state index is 0.0715. The van der Waals surface area contributed by atoms with Crippen molar-refractivity contribution >= 4 is 47.4 Å². The van der Waals surface area contributed by atoms with Crippen LogP contribution in [0.25, 0.3) is 6.08 Å². The molecule has 0 N–H and O–H groups in total. The van der Waals surface area contributed by atoms with Gasteiger partial charge >= 0.3 is 5.97 Å². The van der Waals surface area contributed by atoms with Gasteiger partial charge in [0, 0.05) is 28.8 Å². The first-order valence-corrected chi connectivity index (χ1v) is 11.2. The molecule has 2 fully saturated rings. The largest absolute Gasteiger partial charge is 0.423 e. The van der Waals surface area contributed by atoms with Gasteiger partial charge in [-0.3, -0.25) is 19.7 Å². The Balaban J connectivity index is 1.32. The maximum atomic E-state index is 12.8. The van der Waals surface area contributed by atoms with E-state index in [1.807, 2.05) is 12.2 Å². The summed E-state index contributed by atoms with van der Waals surface area (Å²) in [7, 11) is 0. The lowest BCUT2D eigenvalue weighted by Gasteiger charge is -2.13. The van der Waals surface area contributed by atoms with Crippen LogP contribution >= 0.6 is 11.6 Å². The molecule has 10 heteroatoms. The number of hydrogen-bond donors (Lipinski definition) is 0. The molecule has 1 heterocycles. The zero-order valence-electron chi connectivity index (χ0n) is 18.1. The van der Waals surface area contributed by atoms with Crippen LogP contribution in [0.5, 0.6) is 5.75 Å². The Bertz CT molecular complexity index is 1320. The SMILES string of the molecule is O=C(/C=C/c1cccc([N+](=O)[O-])c1)Oc1ccc(Cl)cc1C=NN1C(=O)[C@@H]2[C@H](C1=O)[C@H]1C=C[C@H]2C1. The highest BCUT2D eigenvalue weighted by atomic mass is 35.5. The van der Waals surface area contributed by atoms with Crippen molar-refractivity contribution in [2.75, 3.05) is 0 Å². The van der Waals surface area contributed by atoms with Crippen molar-refractivity contribution in [1.29, 1.82) is 0 Å². The van der Waals surface area contributed by atoms with Crippen LogP contribution in [0.3, 0.4) is 0 Å². The Morgan fingerprint density at radius 3 is 2.51 bits per heavy atom. The van der Waals surface area contributed by atoms with E-state index in [1.165, 1.54) is 48.7 Å². The zero-order chi connectivity index (χ0) is 24.7. The first kappa shape index (κ1) is 22.7. The third-order valence-electron chi connectivity index (χ3n) is 6.43. The second kappa shape index (κ2) is 8.92. The van der Waals surface area contributed by atoms with Gasteiger partial charge in [0.1, 0.15) is 5.75 Å². The molecule has 1 saturated carbocycles. The average molecular weight is 492 g/mol. The van der Waals surface area contributed by atoms with Crippen LogP contribution in [-0.4, -0.2) is 33.9 Å². The smallest absolute Gasteiger partial charge is 0.336 e. The van der Waals surface area contributed by atoms with E-state index in [4.69, 9.17) is 16.3 Å². The molecule has 9 nitrogen and oxygen atoms in total. The first-order chi connectivity index (χ1) is 16.8. The van der Waals surface area contributed by atoms with Gasteiger partial charge in [-0.2, -0.15) is 10.1 Å². The molecule has 4 atom stereocenters. The second-order valence-electron chi connectivity index (χ2n) is 8.52. The van der Waals surface area contributed by atoms with Crippen molar-refractivity contribution in [3.05, 3.63) is 87.0 Å². The predicted octanol–water partition coefficient (Wildman–Crippen LogP) is 4.01. The zero-order valence-corrected chi connectivity index (χ0v) is 18.9. The molecule has 2 amide bonds. The molecule has 2 bridgehead atoms. The number of carbonyl (C=O) groups excluding carboxylic acids is 3. The van der Waals surface area contributed by atoms with Gasteiger partial charge in [0.2, 0.25) is 0 Å². The van der Waals surface area contributed by atoms with E-state index < -0.39 is 10.9 Å². The Morgan fingerprint density at radius 1 is 1.11 bits per heavy atom. The Kier molecular flexibility index (Phi) is 5.78. The molecule has 1 aliphatic heterocycles. The normalized spacial score (nSPS) is 24.7. The molecule has 2 aromatic rings. The summed E-state index contributed by atoms with van der Waals surface area (Å²) < 4.78 is 5.38. The summed E-state index contributed by atoms with van der Waals surface area (Å²) in [5.41, 5.74) is 0.651. The van der Waals surface area contributed by atoms with Gasteiger partial charge in [0.15, 0.2) is 0 Å². The molecule has 1 saturated heterocycles. The molecule has 5 rings (SSSR count). The van der Waals surface area contributed by atoms with Gasteiger partial charge in [-0.25, -0.2) is 4.79 Å². The molecule has 0 aromatic heterocycles. The van der Waals surface area contributed by atoms with Gasteiger partial charge in [0.05, 0.1) is 23.0 Å². The summed E-state index contributed by atoms with van der Waals surface area (Å²) in [5.74, 6) is -1.87. The van der Waals surface area contributed by atoms with Crippen molar-refractivity contribution in [1.82, 2.24) is 5.01 Å². The molecule has 2 aliphatic carbocycles. The number of hydrazone groups is 1. The van der Waals surface area contributed by atoms with Crippen molar-refractivity contribution in [3.8, 4) is 5.75 Å². The number of nitro benzene ring substituents is 1. The number of carbonyl (C=O) groups is 3. The number of benzene rings is 2. The predicted molar refractivity (Wildman–Crippen MR) is 126 cm³/mol. The highest BCUT2D eigenvalue weighted by Gasteiger charge is 2.59. The molecule has 0 spiro atoms. The van der Waals surface area contributed by atoms with Crippen LogP contribution in [0, 0.1) is 33.8 Å². The van der Waals surface area contributed by atoms with Gasteiger partial charge < -0.3 is 4.74 Å². The Labute approximate surface area is 204 Å². The van der Waals surface area contributed by atoms with Crippen LogP contribution in [0.4, 0.5) is 5.69 Å². The fourth-order valence-corrected chi connectivity index (χ4v) is 5.06. The number of nitrogens with zero attached hydrogens (tertiary/aromatic N) is 3. The number of allylic oxidation sites excluding steroid dienone is 2. The number of amides is 2. The Hall–Kier alpha value is -4.11. The van der Waals surface area contributed by atoms with E-state index in [-0.39, 0.29) is 46.9 Å². The maximum Gasteiger partial charge on any atom is 0.336 e. The highest BCUT2D eigenvalue weighted by Crippen LogP contribution is 2.52. The molecule has 2 aromatic carbocycles. The summed E-state index contributed by atoms with van der Waals surface area (Å²) in [6, 6.07) is 10.3. The summed E-state index contributed by atoms with van der Waals surface area (Å²) >= 11 is 6.09. The monoisotopic (exact) mass is 491 g/mol. The molecular weight excluding hydrogens is 474 g/mol. The minimum atomic E-state index is -0.737. The number of ether oxygens (including phenoxy) is 1. The quantitative estimate of drug-likeness (QED) is 0.0880.